The molecule has 0 unspecified atom stereocenters. The van der Waals surface area contributed by atoms with Crippen LogP contribution >= 0.6 is 0 Å². The average Bonchev–Trinajstić information content (AvgIpc) is 2.28. The van der Waals surface area contributed by atoms with Crippen LogP contribution in [0, 0.1) is 0 Å². The summed E-state index contributed by atoms with van der Waals surface area (Å²) in [5, 5.41) is 0. The van der Waals surface area contributed by atoms with Crippen molar-refractivity contribution in [3.05, 3.63) is 51.4 Å². The van der Waals surface area contributed by atoms with Crippen molar-refractivity contribution in [3.8, 4) is 0 Å². The maximum Gasteiger partial charge on any atom is 0.242 e. The molecule has 0 aromatic heterocycles. The predicted octanol–water partition coefficient (Wildman–Crippen LogP) is 3.07. The zero-order valence-corrected chi connectivity index (χ0v) is 11.4. The largest absolute Gasteiger partial charge is 0.467 e. The molecule has 0 rings (SSSR count). The van der Waals surface area contributed by atoms with Crippen LogP contribution in [0.2, 0.25) is 13.1 Å². The summed E-state index contributed by atoms with van der Waals surface area (Å²) in [4.78, 5) is 0. The van der Waals surface area contributed by atoms with Crippen molar-refractivity contribution in [2.24, 2.45) is 0 Å². The lowest BCUT2D eigenvalue weighted by atomic mass is 11.1. The van der Waals surface area contributed by atoms with E-state index in [2.05, 4.69) is 26.3 Å². The van der Waals surface area contributed by atoms with Gasteiger partial charge in [-0.05, 0) is 0 Å². The Balaban J connectivity index is 4.94. The fraction of sp³-hybridized carbons (Fsp3) is 0.333. The van der Waals surface area contributed by atoms with Gasteiger partial charge in [0.2, 0.25) is 19.9 Å². The molecule has 0 aliphatic carbocycles. The fourth-order valence-electron chi connectivity index (χ4n) is 1.23. The van der Waals surface area contributed by atoms with Crippen LogP contribution < -0.4 is 0 Å². The van der Waals surface area contributed by atoms with Crippen LogP contribution in [0.4, 0.5) is 0 Å². The summed E-state index contributed by atoms with van der Waals surface area (Å²) in [6.07, 6.45) is 5.28. The van der Waals surface area contributed by atoms with E-state index in [0.717, 1.165) is 0 Å². The van der Waals surface area contributed by atoms with Gasteiger partial charge in [0.15, 0.2) is 0 Å². The lowest BCUT2D eigenvalue weighted by Gasteiger charge is -2.34. The SMILES string of the molecule is C=COC(OC=C)[Si](C)(C)C(OC=C)OC=C. The normalized spacial score (nSPS) is 10.6. The first-order chi connectivity index (χ1) is 8.04. The molecule has 0 amide bonds. The van der Waals surface area contributed by atoms with E-state index in [1.165, 1.54) is 25.0 Å². The topological polar surface area (TPSA) is 36.9 Å². The highest BCUT2D eigenvalue weighted by molar-refractivity contribution is 6.79. The Kier molecular flexibility index (Phi) is 6.89. The molecule has 0 aromatic carbocycles. The van der Waals surface area contributed by atoms with E-state index in [1.807, 2.05) is 13.1 Å². The summed E-state index contributed by atoms with van der Waals surface area (Å²) in [6, 6.07) is 0. The first kappa shape index (κ1) is 15.4. The van der Waals surface area contributed by atoms with Crippen LogP contribution in [0.15, 0.2) is 51.4 Å². The van der Waals surface area contributed by atoms with Gasteiger partial charge >= 0.3 is 0 Å². The average molecular weight is 256 g/mol. The molecule has 0 fully saturated rings. The van der Waals surface area contributed by atoms with E-state index in [-0.39, 0.29) is 0 Å². The summed E-state index contributed by atoms with van der Waals surface area (Å²) in [5.41, 5.74) is 0. The lowest BCUT2D eigenvalue weighted by molar-refractivity contribution is -0.0455. The van der Waals surface area contributed by atoms with Gasteiger partial charge in [0.1, 0.15) is 0 Å². The highest BCUT2D eigenvalue weighted by atomic mass is 28.3. The molecular formula is C12H20O4Si. The van der Waals surface area contributed by atoms with Gasteiger partial charge in [-0.25, -0.2) is 0 Å². The first-order valence-corrected chi connectivity index (χ1v) is 8.25. The van der Waals surface area contributed by atoms with Crippen LogP contribution in [-0.4, -0.2) is 19.9 Å². The van der Waals surface area contributed by atoms with Crippen LogP contribution in [0.5, 0.6) is 0 Å². The van der Waals surface area contributed by atoms with Crippen LogP contribution in [-0.2, 0) is 18.9 Å². The minimum atomic E-state index is -2.22. The van der Waals surface area contributed by atoms with Gasteiger partial charge in [0.05, 0.1) is 25.0 Å². The van der Waals surface area contributed by atoms with E-state index in [9.17, 15) is 0 Å². The van der Waals surface area contributed by atoms with Crippen molar-refractivity contribution in [2.45, 2.75) is 24.9 Å². The second-order valence-electron chi connectivity index (χ2n) is 3.70. The number of hydrogen-bond donors (Lipinski definition) is 0. The third-order valence-corrected chi connectivity index (χ3v) is 5.07. The number of ether oxygens (including phenoxy) is 4. The van der Waals surface area contributed by atoms with E-state index in [4.69, 9.17) is 18.9 Å². The Morgan fingerprint density at radius 3 is 1.12 bits per heavy atom. The lowest BCUT2D eigenvalue weighted by Crippen LogP contribution is -2.55. The molecule has 96 valence electrons. The predicted molar refractivity (Wildman–Crippen MR) is 70.2 cm³/mol. The first-order valence-electron chi connectivity index (χ1n) is 5.10. The third kappa shape index (κ3) is 4.40. The molecule has 4 nitrogen and oxygen atoms in total. The molecule has 0 heterocycles. The molecule has 0 saturated heterocycles. The number of hydrogen-bond acceptors (Lipinski definition) is 4. The molecule has 17 heavy (non-hydrogen) atoms. The molecule has 0 aromatic rings. The standard InChI is InChI=1S/C12H20O4Si/c1-7-13-11(14-8-2)17(5,6)12(15-9-3)16-10-4/h7-12H,1-4H2,5-6H3. The molecule has 0 N–H and O–H groups in total. The van der Waals surface area contributed by atoms with Crippen molar-refractivity contribution in [1.82, 2.24) is 0 Å². The highest BCUT2D eigenvalue weighted by Gasteiger charge is 2.46. The Labute approximate surface area is 104 Å². The van der Waals surface area contributed by atoms with Gasteiger partial charge in [-0.3, -0.25) is 0 Å². The molecule has 0 radical (unpaired) electrons. The minimum Gasteiger partial charge on any atom is -0.467 e. The van der Waals surface area contributed by atoms with Crippen molar-refractivity contribution >= 4 is 8.07 Å². The quantitative estimate of drug-likeness (QED) is 0.342. The van der Waals surface area contributed by atoms with Gasteiger partial charge in [-0.15, -0.1) is 0 Å². The van der Waals surface area contributed by atoms with E-state index in [1.54, 1.807) is 0 Å². The van der Waals surface area contributed by atoms with Crippen molar-refractivity contribution in [1.29, 1.82) is 0 Å². The third-order valence-electron chi connectivity index (χ3n) is 2.09. The Hall–Kier alpha value is -1.62. The van der Waals surface area contributed by atoms with E-state index >= 15 is 0 Å². The monoisotopic (exact) mass is 256 g/mol. The van der Waals surface area contributed by atoms with Gasteiger partial charge in [0, 0.05) is 0 Å². The molecular weight excluding hydrogens is 236 g/mol. The Morgan fingerprint density at radius 1 is 0.706 bits per heavy atom. The molecule has 5 heteroatoms. The zero-order chi connectivity index (χ0) is 13.3. The van der Waals surface area contributed by atoms with Crippen LogP contribution in [0.25, 0.3) is 0 Å². The van der Waals surface area contributed by atoms with Gasteiger partial charge < -0.3 is 18.9 Å². The Bertz CT molecular complexity index is 230. The van der Waals surface area contributed by atoms with Crippen LogP contribution in [0.3, 0.4) is 0 Å². The van der Waals surface area contributed by atoms with Gasteiger partial charge in [-0.1, -0.05) is 39.4 Å². The van der Waals surface area contributed by atoms with Gasteiger partial charge in [0.25, 0.3) is 0 Å². The highest BCUT2D eigenvalue weighted by Crippen LogP contribution is 2.22. The Morgan fingerprint density at radius 2 is 0.941 bits per heavy atom. The minimum absolute atomic E-state index is 0.512. The molecule has 0 aliphatic heterocycles. The smallest absolute Gasteiger partial charge is 0.242 e. The van der Waals surface area contributed by atoms with Gasteiger partial charge in [-0.2, -0.15) is 0 Å². The maximum absolute atomic E-state index is 5.32. The number of rotatable bonds is 10. The molecule has 0 aliphatic rings. The summed E-state index contributed by atoms with van der Waals surface area (Å²) in [5.74, 6) is -1.02. The summed E-state index contributed by atoms with van der Waals surface area (Å²) >= 11 is 0. The maximum atomic E-state index is 5.32. The molecule has 0 bridgehead atoms. The summed E-state index contributed by atoms with van der Waals surface area (Å²) in [7, 11) is -2.22. The van der Waals surface area contributed by atoms with E-state index < -0.39 is 19.9 Å². The summed E-state index contributed by atoms with van der Waals surface area (Å²) in [6.45, 7) is 18.0. The zero-order valence-electron chi connectivity index (χ0n) is 10.4. The van der Waals surface area contributed by atoms with Crippen molar-refractivity contribution in [3.63, 3.8) is 0 Å². The summed E-state index contributed by atoms with van der Waals surface area (Å²) < 4.78 is 21.3. The fourth-order valence-corrected chi connectivity index (χ4v) is 3.24. The second-order valence-corrected chi connectivity index (χ2v) is 8.28. The molecule has 0 saturated carbocycles. The second kappa shape index (κ2) is 7.62. The van der Waals surface area contributed by atoms with Crippen LogP contribution in [0.1, 0.15) is 0 Å². The van der Waals surface area contributed by atoms with Crippen molar-refractivity contribution < 1.29 is 18.9 Å². The molecule has 0 atom stereocenters. The molecule has 0 spiro atoms. The van der Waals surface area contributed by atoms with Crippen molar-refractivity contribution in [2.75, 3.05) is 0 Å². The van der Waals surface area contributed by atoms with E-state index in [0.29, 0.717) is 0 Å².